The van der Waals surface area contributed by atoms with Gasteiger partial charge < -0.3 is 10.6 Å². The quantitative estimate of drug-likeness (QED) is 0.794. The Morgan fingerprint density at radius 1 is 1.47 bits per heavy atom. The fourth-order valence-corrected chi connectivity index (χ4v) is 2.31. The van der Waals surface area contributed by atoms with E-state index < -0.39 is 0 Å². The van der Waals surface area contributed by atoms with Crippen LogP contribution in [0.3, 0.4) is 0 Å². The van der Waals surface area contributed by atoms with Gasteiger partial charge in [0.15, 0.2) is 0 Å². The number of rotatable bonds is 1. The van der Waals surface area contributed by atoms with Crippen LogP contribution in [-0.2, 0) is 0 Å². The van der Waals surface area contributed by atoms with Gasteiger partial charge in [0, 0.05) is 24.8 Å². The number of nitrogens with two attached hydrogens (primary N) is 1. The van der Waals surface area contributed by atoms with E-state index in [0.29, 0.717) is 12.2 Å². The topological polar surface area (TPSA) is 59.2 Å². The first-order valence-corrected chi connectivity index (χ1v) is 6.06. The van der Waals surface area contributed by atoms with Crippen LogP contribution in [0.4, 0.5) is 0 Å². The highest BCUT2D eigenvalue weighted by Gasteiger charge is 2.23. The van der Waals surface area contributed by atoms with Crippen LogP contribution >= 0.6 is 0 Å². The van der Waals surface area contributed by atoms with Crippen molar-refractivity contribution in [2.24, 2.45) is 5.73 Å². The number of hydrogen-bond donors (Lipinski definition) is 1. The first-order valence-electron chi connectivity index (χ1n) is 6.06. The fourth-order valence-electron chi connectivity index (χ4n) is 2.31. The molecule has 2 rings (SSSR count). The van der Waals surface area contributed by atoms with Gasteiger partial charge in [-0.25, -0.2) is 4.98 Å². The lowest BCUT2D eigenvalue weighted by molar-refractivity contribution is 0.0702. The van der Waals surface area contributed by atoms with Gasteiger partial charge in [0.1, 0.15) is 5.69 Å². The van der Waals surface area contributed by atoms with Crippen molar-refractivity contribution in [1.82, 2.24) is 9.88 Å². The maximum absolute atomic E-state index is 12.3. The lowest BCUT2D eigenvalue weighted by atomic mass is 10.1. The van der Waals surface area contributed by atoms with Gasteiger partial charge in [-0.15, -0.1) is 0 Å². The van der Waals surface area contributed by atoms with Crippen LogP contribution in [-0.4, -0.2) is 34.9 Å². The Hall–Kier alpha value is -1.42. The minimum absolute atomic E-state index is 0.00644. The molecule has 1 aliphatic heterocycles. The van der Waals surface area contributed by atoms with Crippen molar-refractivity contribution in [1.29, 1.82) is 0 Å². The van der Waals surface area contributed by atoms with Crippen molar-refractivity contribution in [2.45, 2.75) is 32.7 Å². The number of carbonyl (C=O) groups excluding carboxylic acids is 1. The number of amides is 1. The van der Waals surface area contributed by atoms with Crippen LogP contribution in [0, 0.1) is 13.8 Å². The molecule has 4 nitrogen and oxygen atoms in total. The summed E-state index contributed by atoms with van der Waals surface area (Å²) >= 11 is 0. The molecule has 0 spiro atoms. The summed E-state index contributed by atoms with van der Waals surface area (Å²) in [6, 6.07) is 3.92. The summed E-state index contributed by atoms with van der Waals surface area (Å²) in [5.41, 5.74) is 8.38. The lowest BCUT2D eigenvalue weighted by Gasteiger charge is -2.30. The van der Waals surface area contributed by atoms with Crippen LogP contribution in [0.1, 0.15) is 34.6 Å². The van der Waals surface area contributed by atoms with Crippen molar-refractivity contribution in [3.05, 3.63) is 29.1 Å². The van der Waals surface area contributed by atoms with E-state index in [1.165, 1.54) is 0 Å². The standard InChI is InChI=1S/C13H19N3O/c1-9-6-10(2)15-12(7-9)13(17)16-5-3-4-11(14)8-16/h6-7,11H,3-5,8,14H2,1-2H3. The molecule has 1 unspecified atom stereocenters. The van der Waals surface area contributed by atoms with Gasteiger partial charge in [0.25, 0.3) is 5.91 Å². The summed E-state index contributed by atoms with van der Waals surface area (Å²) in [4.78, 5) is 18.4. The molecule has 0 saturated carbocycles. The molecular weight excluding hydrogens is 214 g/mol. The summed E-state index contributed by atoms with van der Waals surface area (Å²) in [7, 11) is 0. The molecule has 1 aliphatic rings. The van der Waals surface area contributed by atoms with Crippen LogP contribution in [0.25, 0.3) is 0 Å². The zero-order valence-corrected chi connectivity index (χ0v) is 10.4. The number of aromatic nitrogens is 1. The van der Waals surface area contributed by atoms with Gasteiger partial charge in [-0.1, -0.05) is 0 Å². The molecule has 0 aliphatic carbocycles. The molecule has 2 N–H and O–H groups in total. The van der Waals surface area contributed by atoms with Gasteiger partial charge in [-0.3, -0.25) is 4.79 Å². The zero-order chi connectivity index (χ0) is 12.4. The molecule has 1 atom stereocenters. The predicted molar refractivity (Wildman–Crippen MR) is 66.8 cm³/mol. The number of nitrogens with zero attached hydrogens (tertiary/aromatic N) is 2. The smallest absolute Gasteiger partial charge is 0.272 e. The van der Waals surface area contributed by atoms with E-state index in [4.69, 9.17) is 5.73 Å². The summed E-state index contributed by atoms with van der Waals surface area (Å²) in [6.07, 6.45) is 1.99. The van der Waals surface area contributed by atoms with Gasteiger partial charge in [0.05, 0.1) is 0 Å². The highest BCUT2D eigenvalue weighted by atomic mass is 16.2. The van der Waals surface area contributed by atoms with E-state index in [-0.39, 0.29) is 11.9 Å². The Labute approximate surface area is 102 Å². The van der Waals surface area contributed by atoms with Crippen molar-refractivity contribution in [2.75, 3.05) is 13.1 Å². The molecule has 0 aromatic carbocycles. The molecule has 0 radical (unpaired) electrons. The molecule has 1 aromatic rings. The van der Waals surface area contributed by atoms with Gasteiger partial charge in [-0.2, -0.15) is 0 Å². The van der Waals surface area contributed by atoms with Gasteiger partial charge >= 0.3 is 0 Å². The second-order valence-corrected chi connectivity index (χ2v) is 4.82. The molecule has 17 heavy (non-hydrogen) atoms. The van der Waals surface area contributed by atoms with E-state index >= 15 is 0 Å². The summed E-state index contributed by atoms with van der Waals surface area (Å²) < 4.78 is 0. The Kier molecular flexibility index (Phi) is 3.43. The number of aryl methyl sites for hydroxylation is 2. The van der Waals surface area contributed by atoms with E-state index in [1.807, 2.05) is 30.9 Å². The highest BCUT2D eigenvalue weighted by molar-refractivity contribution is 5.92. The zero-order valence-electron chi connectivity index (χ0n) is 10.4. The van der Waals surface area contributed by atoms with Crippen LogP contribution in [0.5, 0.6) is 0 Å². The molecule has 1 amide bonds. The third kappa shape index (κ3) is 2.82. The average molecular weight is 233 g/mol. The average Bonchev–Trinajstić information content (AvgIpc) is 2.26. The van der Waals surface area contributed by atoms with Crippen molar-refractivity contribution < 1.29 is 4.79 Å². The van der Waals surface area contributed by atoms with Crippen LogP contribution < -0.4 is 5.73 Å². The first-order chi connectivity index (χ1) is 8.06. The number of hydrogen-bond acceptors (Lipinski definition) is 3. The predicted octanol–water partition coefficient (Wildman–Crippen LogP) is 1.26. The Morgan fingerprint density at radius 2 is 2.24 bits per heavy atom. The van der Waals surface area contributed by atoms with E-state index in [0.717, 1.165) is 30.6 Å². The Balaban J connectivity index is 2.18. The molecule has 2 heterocycles. The molecule has 92 valence electrons. The van der Waals surface area contributed by atoms with Crippen molar-refractivity contribution in [3.8, 4) is 0 Å². The monoisotopic (exact) mass is 233 g/mol. The number of carbonyl (C=O) groups is 1. The summed E-state index contributed by atoms with van der Waals surface area (Å²) in [5, 5.41) is 0. The molecule has 1 aromatic heterocycles. The maximum atomic E-state index is 12.3. The Morgan fingerprint density at radius 3 is 2.88 bits per heavy atom. The number of likely N-dealkylation sites (tertiary alicyclic amines) is 1. The van der Waals surface area contributed by atoms with E-state index in [9.17, 15) is 4.79 Å². The normalized spacial score (nSPS) is 20.4. The maximum Gasteiger partial charge on any atom is 0.272 e. The minimum Gasteiger partial charge on any atom is -0.336 e. The van der Waals surface area contributed by atoms with Crippen molar-refractivity contribution in [3.63, 3.8) is 0 Å². The fraction of sp³-hybridized carbons (Fsp3) is 0.538. The molecule has 4 heteroatoms. The second-order valence-electron chi connectivity index (χ2n) is 4.82. The summed E-state index contributed by atoms with van der Waals surface area (Å²) in [5.74, 6) is 0.00644. The second kappa shape index (κ2) is 4.84. The first kappa shape index (κ1) is 12.0. The molecule has 0 bridgehead atoms. The van der Waals surface area contributed by atoms with E-state index in [1.54, 1.807) is 0 Å². The third-order valence-corrected chi connectivity index (χ3v) is 3.06. The summed E-state index contributed by atoms with van der Waals surface area (Å²) in [6.45, 7) is 5.33. The van der Waals surface area contributed by atoms with Gasteiger partial charge in [0.2, 0.25) is 0 Å². The lowest BCUT2D eigenvalue weighted by Crippen LogP contribution is -2.45. The Bertz CT molecular complexity index is 410. The molecule has 1 fully saturated rings. The largest absolute Gasteiger partial charge is 0.336 e. The van der Waals surface area contributed by atoms with Crippen LogP contribution in [0.2, 0.25) is 0 Å². The molecular formula is C13H19N3O. The minimum atomic E-state index is 0.00644. The van der Waals surface area contributed by atoms with Gasteiger partial charge in [-0.05, 0) is 44.4 Å². The molecule has 1 saturated heterocycles. The highest BCUT2D eigenvalue weighted by Crippen LogP contribution is 2.13. The number of pyridine rings is 1. The van der Waals surface area contributed by atoms with Crippen LogP contribution in [0.15, 0.2) is 12.1 Å². The number of piperidine rings is 1. The third-order valence-electron chi connectivity index (χ3n) is 3.06. The van der Waals surface area contributed by atoms with Crippen molar-refractivity contribution >= 4 is 5.91 Å². The SMILES string of the molecule is Cc1cc(C)nc(C(=O)N2CCCC(N)C2)c1. The van der Waals surface area contributed by atoms with E-state index in [2.05, 4.69) is 4.98 Å².